The number of aryl methyl sites for hydroxylation is 1. The summed E-state index contributed by atoms with van der Waals surface area (Å²) in [6, 6.07) is 7.00. The summed E-state index contributed by atoms with van der Waals surface area (Å²) >= 11 is 0. The lowest BCUT2D eigenvalue weighted by atomic mass is 9.97. The Hall–Kier alpha value is -2.96. The van der Waals surface area contributed by atoms with Crippen molar-refractivity contribution in [2.75, 3.05) is 25.0 Å². The van der Waals surface area contributed by atoms with Crippen molar-refractivity contribution >= 4 is 17.5 Å². The van der Waals surface area contributed by atoms with Crippen LogP contribution in [0.15, 0.2) is 41.4 Å². The zero-order chi connectivity index (χ0) is 18.7. The molecule has 0 aliphatic carbocycles. The van der Waals surface area contributed by atoms with E-state index in [1.54, 1.807) is 38.2 Å². The summed E-state index contributed by atoms with van der Waals surface area (Å²) in [5, 5.41) is 3.84. The Bertz CT molecular complexity index is 812. The van der Waals surface area contributed by atoms with Crippen molar-refractivity contribution < 1.29 is 14.1 Å². The van der Waals surface area contributed by atoms with Gasteiger partial charge in [-0.15, -0.1) is 0 Å². The molecule has 1 aromatic carbocycles. The number of hydrogen-bond acceptors (Lipinski definition) is 5. The molecule has 1 aliphatic heterocycles. The second-order valence-corrected chi connectivity index (χ2v) is 6.42. The van der Waals surface area contributed by atoms with E-state index in [1.807, 2.05) is 4.90 Å². The molecule has 1 aromatic heterocycles. The van der Waals surface area contributed by atoms with Crippen molar-refractivity contribution in [3.8, 4) is 0 Å². The lowest BCUT2D eigenvalue weighted by molar-refractivity contribution is -0.113. The highest BCUT2D eigenvalue weighted by molar-refractivity contribution is 6.01. The topological polar surface area (TPSA) is 79.5 Å². The van der Waals surface area contributed by atoms with Gasteiger partial charge in [0.1, 0.15) is 0 Å². The summed E-state index contributed by atoms with van der Waals surface area (Å²) in [7, 11) is 1.67. The number of likely N-dealkylation sites (tertiary alicyclic amines) is 1. The van der Waals surface area contributed by atoms with Gasteiger partial charge in [0.25, 0.3) is 5.91 Å². The van der Waals surface area contributed by atoms with Crippen LogP contribution < -0.4 is 4.90 Å². The number of piperidine rings is 1. The number of amides is 2. The standard InChI is InChI=1S/C19H22N4O3/c1-4-17(24)22(3)16-9-7-14(8-10-16)19(25)23-11-5-6-15(12-23)18-20-13(2)21-26-18/h4,7-10,15H,1,5-6,11-12H2,2-3H3. The number of aromatic nitrogens is 2. The van der Waals surface area contributed by atoms with Gasteiger partial charge in [-0.05, 0) is 50.1 Å². The molecule has 0 N–H and O–H groups in total. The predicted octanol–water partition coefficient (Wildman–Crippen LogP) is 2.55. The van der Waals surface area contributed by atoms with Gasteiger partial charge in [-0.25, -0.2) is 0 Å². The van der Waals surface area contributed by atoms with E-state index >= 15 is 0 Å². The van der Waals surface area contributed by atoms with Crippen LogP contribution in [0.4, 0.5) is 5.69 Å². The van der Waals surface area contributed by atoms with Gasteiger partial charge in [0.05, 0.1) is 5.92 Å². The summed E-state index contributed by atoms with van der Waals surface area (Å²) in [4.78, 5) is 32.1. The van der Waals surface area contributed by atoms with Crippen LogP contribution in [0.1, 0.15) is 40.8 Å². The number of nitrogens with zero attached hydrogens (tertiary/aromatic N) is 4. The summed E-state index contributed by atoms with van der Waals surface area (Å²) < 4.78 is 5.27. The molecule has 0 spiro atoms. The van der Waals surface area contributed by atoms with Gasteiger partial charge in [0, 0.05) is 31.4 Å². The molecule has 0 bridgehead atoms. The molecule has 1 saturated heterocycles. The van der Waals surface area contributed by atoms with Crippen LogP contribution in [0.3, 0.4) is 0 Å². The molecule has 1 aliphatic rings. The quantitative estimate of drug-likeness (QED) is 0.789. The fourth-order valence-corrected chi connectivity index (χ4v) is 3.12. The average molecular weight is 354 g/mol. The van der Waals surface area contributed by atoms with Crippen LogP contribution in [-0.2, 0) is 4.79 Å². The van der Waals surface area contributed by atoms with Gasteiger partial charge in [-0.3, -0.25) is 9.59 Å². The van der Waals surface area contributed by atoms with E-state index in [0.29, 0.717) is 36.1 Å². The van der Waals surface area contributed by atoms with Crippen molar-refractivity contribution in [2.24, 2.45) is 0 Å². The first kappa shape index (κ1) is 17.8. The van der Waals surface area contributed by atoms with Crippen LogP contribution in [0.2, 0.25) is 0 Å². The van der Waals surface area contributed by atoms with Crippen molar-refractivity contribution in [1.29, 1.82) is 0 Å². The molecule has 1 fully saturated rings. The SMILES string of the molecule is C=CC(=O)N(C)c1ccc(C(=O)N2CCCC(c3nc(C)no3)C2)cc1. The maximum absolute atomic E-state index is 12.8. The smallest absolute Gasteiger partial charge is 0.253 e. The summed E-state index contributed by atoms with van der Waals surface area (Å²) in [5.41, 5.74) is 1.31. The Morgan fingerprint density at radius 2 is 2.08 bits per heavy atom. The molecule has 26 heavy (non-hydrogen) atoms. The molecule has 2 heterocycles. The van der Waals surface area contributed by atoms with Crippen molar-refractivity contribution in [3.63, 3.8) is 0 Å². The second kappa shape index (κ2) is 7.51. The molecule has 1 atom stereocenters. The van der Waals surface area contributed by atoms with E-state index in [4.69, 9.17) is 4.52 Å². The molecule has 2 amide bonds. The fourth-order valence-electron chi connectivity index (χ4n) is 3.12. The Morgan fingerprint density at radius 1 is 1.35 bits per heavy atom. The maximum atomic E-state index is 12.8. The van der Waals surface area contributed by atoms with Crippen molar-refractivity contribution in [3.05, 3.63) is 54.2 Å². The number of hydrogen-bond donors (Lipinski definition) is 0. The van der Waals surface area contributed by atoms with Crippen molar-refractivity contribution in [2.45, 2.75) is 25.7 Å². The van der Waals surface area contributed by atoms with Crippen molar-refractivity contribution in [1.82, 2.24) is 15.0 Å². The monoisotopic (exact) mass is 354 g/mol. The first-order valence-corrected chi connectivity index (χ1v) is 8.59. The van der Waals surface area contributed by atoms with E-state index in [0.717, 1.165) is 12.8 Å². The van der Waals surface area contributed by atoms with Crippen LogP contribution >= 0.6 is 0 Å². The van der Waals surface area contributed by atoms with Gasteiger partial charge in [0.15, 0.2) is 5.82 Å². The molecule has 3 rings (SSSR count). The van der Waals surface area contributed by atoms with Gasteiger partial charge >= 0.3 is 0 Å². The Labute approximate surface area is 152 Å². The van der Waals surface area contributed by atoms with E-state index in [1.165, 1.54) is 11.0 Å². The van der Waals surface area contributed by atoms with E-state index in [9.17, 15) is 9.59 Å². The predicted molar refractivity (Wildman–Crippen MR) is 97.0 cm³/mol. The minimum absolute atomic E-state index is 0.0322. The van der Waals surface area contributed by atoms with Crippen LogP contribution in [0, 0.1) is 6.92 Å². The Kier molecular flexibility index (Phi) is 5.16. The van der Waals surface area contributed by atoms with E-state index in [-0.39, 0.29) is 17.7 Å². The van der Waals surface area contributed by atoms with Crippen LogP contribution in [-0.4, -0.2) is 47.0 Å². The Balaban J connectivity index is 1.70. The molecule has 7 heteroatoms. The number of benzene rings is 1. The molecule has 1 unspecified atom stereocenters. The van der Waals surface area contributed by atoms with Crippen LogP contribution in [0.5, 0.6) is 0 Å². The highest BCUT2D eigenvalue weighted by Crippen LogP contribution is 2.27. The molecule has 2 aromatic rings. The normalized spacial score (nSPS) is 17.0. The number of likely N-dealkylation sites (N-methyl/N-ethyl adjacent to an activating group) is 1. The highest BCUT2D eigenvalue weighted by Gasteiger charge is 2.28. The number of carbonyl (C=O) groups excluding carboxylic acids is 2. The minimum Gasteiger partial charge on any atom is -0.339 e. The maximum Gasteiger partial charge on any atom is 0.253 e. The highest BCUT2D eigenvalue weighted by atomic mass is 16.5. The van der Waals surface area contributed by atoms with Gasteiger partial charge in [-0.1, -0.05) is 11.7 Å². The Morgan fingerprint density at radius 3 is 2.69 bits per heavy atom. The lowest BCUT2D eigenvalue weighted by Gasteiger charge is -2.31. The first-order chi connectivity index (χ1) is 12.5. The number of anilines is 1. The third kappa shape index (κ3) is 3.66. The van der Waals surface area contributed by atoms with E-state index in [2.05, 4.69) is 16.7 Å². The largest absolute Gasteiger partial charge is 0.339 e. The second-order valence-electron chi connectivity index (χ2n) is 6.42. The third-order valence-corrected chi connectivity index (χ3v) is 4.61. The average Bonchev–Trinajstić information content (AvgIpc) is 3.13. The lowest BCUT2D eigenvalue weighted by Crippen LogP contribution is -2.39. The van der Waals surface area contributed by atoms with E-state index < -0.39 is 0 Å². The molecule has 136 valence electrons. The molecule has 7 nitrogen and oxygen atoms in total. The summed E-state index contributed by atoms with van der Waals surface area (Å²) in [6.07, 6.45) is 3.08. The fraction of sp³-hybridized carbons (Fsp3) is 0.368. The van der Waals surface area contributed by atoms with Gasteiger partial charge in [0.2, 0.25) is 11.8 Å². The van der Waals surface area contributed by atoms with Crippen LogP contribution in [0.25, 0.3) is 0 Å². The minimum atomic E-state index is -0.196. The molecule has 0 saturated carbocycles. The zero-order valence-corrected chi connectivity index (χ0v) is 15.0. The molecular formula is C19H22N4O3. The number of carbonyl (C=O) groups is 2. The number of rotatable bonds is 4. The third-order valence-electron chi connectivity index (χ3n) is 4.61. The van der Waals surface area contributed by atoms with Gasteiger partial charge < -0.3 is 14.3 Å². The molecular weight excluding hydrogens is 332 g/mol. The molecule has 0 radical (unpaired) electrons. The summed E-state index contributed by atoms with van der Waals surface area (Å²) in [6.45, 7) is 6.54. The summed E-state index contributed by atoms with van der Waals surface area (Å²) in [5.74, 6) is 1.05. The van der Waals surface area contributed by atoms with Gasteiger partial charge in [-0.2, -0.15) is 4.98 Å². The zero-order valence-electron chi connectivity index (χ0n) is 15.0. The first-order valence-electron chi connectivity index (χ1n) is 8.59.